The minimum Gasteiger partial charge on any atom is -0.466 e. The molecular weight excluding hydrogens is 560 g/mol. The number of ether oxygens (including phenoxy) is 3. The molecule has 10 nitrogen and oxygen atoms in total. The second kappa shape index (κ2) is 21.8. The Morgan fingerprint density at radius 3 is 1.91 bits per heavy atom. The highest BCUT2D eigenvalue weighted by molar-refractivity contribution is 5.70. The monoisotopic (exact) mass is 617 g/mol. The van der Waals surface area contributed by atoms with Crippen LogP contribution in [0.2, 0.25) is 0 Å². The lowest BCUT2D eigenvalue weighted by Crippen LogP contribution is -2.54. The van der Waals surface area contributed by atoms with Gasteiger partial charge < -0.3 is 28.9 Å². The van der Waals surface area contributed by atoms with E-state index in [0.717, 1.165) is 81.8 Å². The standard InChI is InChI=1S/C34H57N4O6/c1-5-30-11-13-31(14-12-30)29-38(27-17-34(41)44-8-4)26-9-18-35-19-24-36(22-15-32(39)42-6-2)20-10-21-37(25-28-38)23-16-33(40)43-7-3/h5,11-14,35H,1,6-10,15-29H2,2-4H3/q+1. The lowest BCUT2D eigenvalue weighted by molar-refractivity contribution is -0.940. The van der Waals surface area contributed by atoms with E-state index in [2.05, 4.69) is 46.0 Å². The molecule has 1 aliphatic heterocycles. The summed E-state index contributed by atoms with van der Waals surface area (Å²) in [5.74, 6) is -0.502. The molecule has 1 aromatic rings. The molecule has 1 N–H and O–H groups in total. The first-order chi connectivity index (χ1) is 21.3. The van der Waals surface area contributed by atoms with Gasteiger partial charge in [-0.1, -0.05) is 36.9 Å². The van der Waals surface area contributed by atoms with Crippen molar-refractivity contribution < 1.29 is 33.1 Å². The second-order valence-electron chi connectivity index (χ2n) is 11.4. The molecule has 0 aromatic heterocycles. The molecule has 0 saturated carbocycles. The fourth-order valence-electron chi connectivity index (χ4n) is 5.69. The average molecular weight is 618 g/mol. The SMILES string of the molecule is C=Cc1ccc(C[N+]2(CCC(=O)OCC)CCCNCCN(CCC(=O)OCC)CCCN(CCC(=O)OCC)CC2)cc1. The lowest BCUT2D eigenvalue weighted by atomic mass is 10.1. The fourth-order valence-corrected chi connectivity index (χ4v) is 5.69. The highest BCUT2D eigenvalue weighted by Gasteiger charge is 2.30. The van der Waals surface area contributed by atoms with Crippen molar-refractivity contribution in [3.63, 3.8) is 0 Å². The molecule has 0 radical (unpaired) electrons. The van der Waals surface area contributed by atoms with Gasteiger partial charge in [-0.15, -0.1) is 0 Å². The smallest absolute Gasteiger partial charge is 0.311 e. The summed E-state index contributed by atoms with van der Waals surface area (Å²) < 4.78 is 16.5. The van der Waals surface area contributed by atoms with Crippen LogP contribution in [0, 0.1) is 0 Å². The van der Waals surface area contributed by atoms with Gasteiger partial charge >= 0.3 is 17.9 Å². The Morgan fingerprint density at radius 1 is 0.773 bits per heavy atom. The van der Waals surface area contributed by atoms with Gasteiger partial charge in [0, 0.05) is 51.3 Å². The van der Waals surface area contributed by atoms with Crippen molar-refractivity contribution in [1.82, 2.24) is 15.1 Å². The molecule has 0 amide bonds. The molecule has 1 atom stereocenters. The first-order valence-electron chi connectivity index (χ1n) is 16.5. The Balaban J connectivity index is 2.25. The van der Waals surface area contributed by atoms with Crippen molar-refractivity contribution in [1.29, 1.82) is 0 Å². The quantitative estimate of drug-likeness (QED) is 0.180. The van der Waals surface area contributed by atoms with E-state index in [0.29, 0.717) is 58.7 Å². The summed E-state index contributed by atoms with van der Waals surface area (Å²) in [4.78, 5) is 41.5. The molecule has 44 heavy (non-hydrogen) atoms. The van der Waals surface area contributed by atoms with E-state index in [1.807, 2.05) is 26.8 Å². The van der Waals surface area contributed by atoms with E-state index >= 15 is 0 Å². The molecule has 1 unspecified atom stereocenters. The minimum absolute atomic E-state index is 0.160. The fraction of sp³-hybridized carbons (Fsp3) is 0.676. The number of quaternary nitrogens is 1. The van der Waals surface area contributed by atoms with Crippen LogP contribution in [0.25, 0.3) is 6.08 Å². The first kappa shape index (κ1) is 37.4. The van der Waals surface area contributed by atoms with Gasteiger partial charge in [-0.3, -0.25) is 19.3 Å². The van der Waals surface area contributed by atoms with E-state index in [-0.39, 0.29) is 17.9 Å². The third-order valence-corrected chi connectivity index (χ3v) is 8.13. The number of rotatable bonds is 15. The molecule has 1 fully saturated rings. The van der Waals surface area contributed by atoms with Gasteiger partial charge in [0.25, 0.3) is 0 Å². The van der Waals surface area contributed by atoms with Gasteiger partial charge in [-0.25, -0.2) is 0 Å². The summed E-state index contributed by atoms with van der Waals surface area (Å²) in [6, 6.07) is 8.51. The number of benzene rings is 1. The van der Waals surface area contributed by atoms with E-state index < -0.39 is 0 Å². The van der Waals surface area contributed by atoms with Crippen LogP contribution in [0.3, 0.4) is 0 Å². The minimum atomic E-state index is -0.181. The topological polar surface area (TPSA) is 97.4 Å². The number of esters is 3. The van der Waals surface area contributed by atoms with Crippen LogP contribution in [0.1, 0.15) is 64.0 Å². The Morgan fingerprint density at radius 2 is 1.34 bits per heavy atom. The van der Waals surface area contributed by atoms with Gasteiger partial charge in [0.05, 0.1) is 58.7 Å². The summed E-state index contributed by atoms with van der Waals surface area (Å²) in [6.07, 6.45) is 4.81. The van der Waals surface area contributed by atoms with Gasteiger partial charge in [0.15, 0.2) is 0 Å². The van der Waals surface area contributed by atoms with Crippen molar-refractivity contribution >= 4 is 24.0 Å². The van der Waals surface area contributed by atoms with Gasteiger partial charge in [-0.05, 0) is 45.8 Å². The van der Waals surface area contributed by atoms with Crippen LogP contribution in [-0.4, -0.2) is 124 Å². The van der Waals surface area contributed by atoms with E-state index in [1.54, 1.807) is 0 Å². The highest BCUT2D eigenvalue weighted by Crippen LogP contribution is 2.19. The maximum absolute atomic E-state index is 12.5. The summed E-state index contributed by atoms with van der Waals surface area (Å²) in [7, 11) is 0. The number of nitrogens with one attached hydrogen (secondary N) is 1. The molecule has 248 valence electrons. The molecule has 0 spiro atoms. The maximum atomic E-state index is 12.5. The first-order valence-corrected chi connectivity index (χ1v) is 16.5. The summed E-state index contributed by atoms with van der Waals surface area (Å²) in [5, 5.41) is 3.61. The van der Waals surface area contributed by atoms with E-state index in [9.17, 15) is 14.4 Å². The summed E-state index contributed by atoms with van der Waals surface area (Å²) >= 11 is 0. The normalized spacial score (nSPS) is 19.4. The zero-order valence-electron chi connectivity index (χ0n) is 27.5. The van der Waals surface area contributed by atoms with Crippen LogP contribution >= 0.6 is 0 Å². The predicted molar refractivity (Wildman–Crippen MR) is 174 cm³/mol. The van der Waals surface area contributed by atoms with Crippen molar-refractivity contribution in [3.8, 4) is 0 Å². The Bertz CT molecular complexity index is 988. The number of hydrogen-bond acceptors (Lipinski definition) is 9. The molecule has 0 aliphatic carbocycles. The van der Waals surface area contributed by atoms with Crippen molar-refractivity contribution in [2.75, 3.05) is 91.8 Å². The number of nitrogens with zero attached hydrogens (tertiary/aromatic N) is 3. The zero-order chi connectivity index (χ0) is 32.0. The van der Waals surface area contributed by atoms with Gasteiger partial charge in [0.2, 0.25) is 0 Å². The maximum Gasteiger partial charge on any atom is 0.311 e. The highest BCUT2D eigenvalue weighted by atomic mass is 16.5. The summed E-state index contributed by atoms with van der Waals surface area (Å²) in [6.45, 7) is 20.1. The number of carbonyl (C=O) groups is 3. The van der Waals surface area contributed by atoms with Crippen molar-refractivity contribution in [2.24, 2.45) is 0 Å². The Labute approximate surface area is 265 Å². The molecular formula is C34H57N4O6+. The van der Waals surface area contributed by atoms with Crippen LogP contribution in [-0.2, 0) is 35.1 Å². The van der Waals surface area contributed by atoms with Crippen molar-refractivity contribution in [2.45, 2.75) is 59.4 Å². The van der Waals surface area contributed by atoms with E-state index in [4.69, 9.17) is 14.2 Å². The molecule has 2 rings (SSSR count). The van der Waals surface area contributed by atoms with Gasteiger partial charge in [-0.2, -0.15) is 0 Å². The van der Waals surface area contributed by atoms with Gasteiger partial charge in [0.1, 0.15) is 6.54 Å². The van der Waals surface area contributed by atoms with Crippen LogP contribution in [0.5, 0.6) is 0 Å². The second-order valence-corrected chi connectivity index (χ2v) is 11.4. The molecule has 0 bridgehead atoms. The lowest BCUT2D eigenvalue weighted by Gasteiger charge is -2.41. The molecule has 10 heteroatoms. The third kappa shape index (κ3) is 15.3. The van der Waals surface area contributed by atoms with E-state index in [1.165, 1.54) is 5.56 Å². The van der Waals surface area contributed by atoms with Crippen LogP contribution in [0.4, 0.5) is 0 Å². The number of hydrogen-bond donors (Lipinski definition) is 1. The molecule has 1 heterocycles. The largest absolute Gasteiger partial charge is 0.466 e. The Hall–Kier alpha value is -2.79. The molecule has 1 aromatic carbocycles. The van der Waals surface area contributed by atoms with Crippen LogP contribution < -0.4 is 5.32 Å². The Kier molecular flexibility index (Phi) is 18.6. The van der Waals surface area contributed by atoms with Crippen LogP contribution in [0.15, 0.2) is 30.8 Å². The third-order valence-electron chi connectivity index (χ3n) is 8.13. The average Bonchev–Trinajstić information content (AvgIpc) is 3.01. The predicted octanol–water partition coefficient (Wildman–Crippen LogP) is 3.49. The molecule has 1 saturated heterocycles. The zero-order valence-corrected chi connectivity index (χ0v) is 27.5. The number of carbonyl (C=O) groups excluding carboxylic acids is 3. The summed E-state index contributed by atoms with van der Waals surface area (Å²) in [5.41, 5.74) is 2.31. The molecule has 1 aliphatic rings. The van der Waals surface area contributed by atoms with Crippen molar-refractivity contribution in [3.05, 3.63) is 42.0 Å².